The van der Waals surface area contributed by atoms with E-state index >= 15 is 0 Å². The molecule has 2 rings (SSSR count). The van der Waals surface area contributed by atoms with Crippen LogP contribution in [0, 0.1) is 0 Å². The molecule has 3 nitrogen and oxygen atoms in total. The lowest BCUT2D eigenvalue weighted by Crippen LogP contribution is -2.32. The molecule has 1 unspecified atom stereocenters. The lowest BCUT2D eigenvalue weighted by atomic mass is 10.2. The minimum Gasteiger partial charge on any atom is -0.394 e. The van der Waals surface area contributed by atoms with E-state index in [-0.39, 0.29) is 12.6 Å². The summed E-state index contributed by atoms with van der Waals surface area (Å²) in [6, 6.07) is 0.680. The summed E-state index contributed by atoms with van der Waals surface area (Å²) in [4.78, 5) is 5.17. The lowest BCUT2D eigenvalue weighted by Gasteiger charge is -2.19. The van der Waals surface area contributed by atoms with Gasteiger partial charge in [0, 0.05) is 17.1 Å². The molecule has 0 amide bonds. The van der Waals surface area contributed by atoms with E-state index in [1.807, 2.05) is 11.7 Å². The summed E-state index contributed by atoms with van der Waals surface area (Å²) in [7, 11) is 0. The van der Waals surface area contributed by atoms with E-state index in [4.69, 9.17) is 0 Å². The van der Waals surface area contributed by atoms with Crippen molar-refractivity contribution in [3.05, 3.63) is 16.6 Å². The maximum atomic E-state index is 9.27. The molecule has 1 fully saturated rings. The second-order valence-corrected chi connectivity index (χ2v) is 4.70. The highest BCUT2D eigenvalue weighted by Crippen LogP contribution is 2.23. The maximum absolute atomic E-state index is 9.27. The minimum absolute atomic E-state index is 0.0885. The van der Waals surface area contributed by atoms with Crippen molar-refractivity contribution in [1.29, 1.82) is 0 Å². The van der Waals surface area contributed by atoms with Crippen molar-refractivity contribution >= 4 is 11.3 Å². The molecule has 1 aromatic heterocycles. The van der Waals surface area contributed by atoms with Crippen molar-refractivity contribution in [2.24, 2.45) is 0 Å². The summed E-state index contributed by atoms with van der Waals surface area (Å²) in [5, 5.41) is 12.8. The molecule has 0 aromatic carbocycles. The molecule has 1 aromatic rings. The van der Waals surface area contributed by atoms with E-state index in [0.29, 0.717) is 6.04 Å². The summed E-state index contributed by atoms with van der Waals surface area (Å²) < 4.78 is 0. The second-order valence-electron chi connectivity index (χ2n) is 3.79. The molecule has 1 aliphatic rings. The Labute approximate surface area is 88.2 Å². The first-order valence-electron chi connectivity index (χ1n) is 5.15. The van der Waals surface area contributed by atoms with Crippen LogP contribution in [-0.2, 0) is 0 Å². The van der Waals surface area contributed by atoms with Gasteiger partial charge in [0.2, 0.25) is 0 Å². The van der Waals surface area contributed by atoms with Crippen LogP contribution in [0.15, 0.2) is 11.7 Å². The van der Waals surface area contributed by atoms with E-state index in [9.17, 15) is 5.11 Å². The zero-order chi connectivity index (χ0) is 9.80. The van der Waals surface area contributed by atoms with Crippen LogP contribution < -0.4 is 5.32 Å². The number of thiazole rings is 1. The van der Waals surface area contributed by atoms with E-state index < -0.39 is 0 Å². The molecular formula is C10H16N2OS. The molecule has 4 heteroatoms. The molecule has 2 N–H and O–H groups in total. The van der Waals surface area contributed by atoms with Gasteiger partial charge < -0.3 is 10.4 Å². The van der Waals surface area contributed by atoms with Crippen LogP contribution in [0.5, 0.6) is 0 Å². The Morgan fingerprint density at radius 1 is 1.57 bits per heavy atom. The van der Waals surface area contributed by atoms with E-state index in [2.05, 4.69) is 10.3 Å². The third-order valence-corrected chi connectivity index (χ3v) is 3.66. The van der Waals surface area contributed by atoms with Gasteiger partial charge in [-0.3, -0.25) is 4.98 Å². The van der Waals surface area contributed by atoms with Gasteiger partial charge in [0.1, 0.15) is 0 Å². The number of hydrogen-bond donors (Lipinski definition) is 2. The molecule has 1 heterocycles. The normalized spacial score (nSPS) is 20.1. The lowest BCUT2D eigenvalue weighted by molar-refractivity contribution is 0.235. The number of nitrogens with one attached hydrogen (secondary N) is 1. The van der Waals surface area contributed by atoms with Gasteiger partial charge in [-0.05, 0) is 12.8 Å². The average Bonchev–Trinajstić information content (AvgIpc) is 2.86. The number of hydrogen-bond acceptors (Lipinski definition) is 4. The van der Waals surface area contributed by atoms with Crippen LogP contribution in [0.1, 0.15) is 36.6 Å². The molecule has 78 valence electrons. The largest absolute Gasteiger partial charge is 0.394 e. The summed E-state index contributed by atoms with van der Waals surface area (Å²) in [6.45, 7) is 0.165. The van der Waals surface area contributed by atoms with E-state index in [1.54, 1.807) is 11.3 Å². The van der Waals surface area contributed by atoms with Gasteiger partial charge in [-0.25, -0.2) is 0 Å². The van der Waals surface area contributed by atoms with Crippen molar-refractivity contribution in [2.45, 2.75) is 37.8 Å². The molecule has 0 radical (unpaired) electrons. The van der Waals surface area contributed by atoms with Crippen LogP contribution in [0.3, 0.4) is 0 Å². The Balaban J connectivity index is 1.93. The SMILES string of the molecule is OCC(NC1CCCC1)c1cncs1. The molecule has 1 aliphatic carbocycles. The Hall–Kier alpha value is -0.450. The minimum atomic E-state index is 0.0885. The van der Waals surface area contributed by atoms with Gasteiger partial charge in [-0.1, -0.05) is 12.8 Å². The Kier molecular flexibility index (Phi) is 3.50. The van der Waals surface area contributed by atoms with Crippen LogP contribution >= 0.6 is 11.3 Å². The number of rotatable bonds is 4. The zero-order valence-corrected chi connectivity index (χ0v) is 8.96. The molecular weight excluding hydrogens is 196 g/mol. The van der Waals surface area contributed by atoms with Gasteiger partial charge >= 0.3 is 0 Å². The standard InChI is InChI=1S/C10H16N2OS/c13-6-9(10-5-11-7-14-10)12-8-3-1-2-4-8/h5,7-9,12-13H,1-4,6H2. The third-order valence-electron chi connectivity index (χ3n) is 2.77. The van der Waals surface area contributed by atoms with E-state index in [1.165, 1.54) is 25.7 Å². The second kappa shape index (κ2) is 4.87. The highest BCUT2D eigenvalue weighted by atomic mass is 32.1. The van der Waals surface area contributed by atoms with Gasteiger partial charge in [0.15, 0.2) is 0 Å². The zero-order valence-electron chi connectivity index (χ0n) is 8.15. The average molecular weight is 212 g/mol. The molecule has 1 atom stereocenters. The van der Waals surface area contributed by atoms with Gasteiger partial charge in [0.05, 0.1) is 18.2 Å². The van der Waals surface area contributed by atoms with Crippen molar-refractivity contribution in [2.75, 3.05) is 6.61 Å². The molecule has 1 saturated carbocycles. The number of aliphatic hydroxyl groups excluding tert-OH is 1. The maximum Gasteiger partial charge on any atom is 0.0794 e. The molecule has 0 saturated heterocycles. The Morgan fingerprint density at radius 2 is 2.36 bits per heavy atom. The quantitative estimate of drug-likeness (QED) is 0.798. The van der Waals surface area contributed by atoms with Crippen molar-refractivity contribution in [3.63, 3.8) is 0 Å². The summed E-state index contributed by atoms with van der Waals surface area (Å²) >= 11 is 1.61. The van der Waals surface area contributed by atoms with Gasteiger partial charge in [-0.2, -0.15) is 0 Å². The molecule has 0 spiro atoms. The molecule has 14 heavy (non-hydrogen) atoms. The smallest absolute Gasteiger partial charge is 0.0794 e. The van der Waals surface area contributed by atoms with Crippen molar-refractivity contribution in [1.82, 2.24) is 10.3 Å². The summed E-state index contributed by atoms with van der Waals surface area (Å²) in [5.41, 5.74) is 1.81. The summed E-state index contributed by atoms with van der Waals surface area (Å²) in [5.74, 6) is 0. The fraction of sp³-hybridized carbons (Fsp3) is 0.700. The van der Waals surface area contributed by atoms with Gasteiger partial charge in [0.25, 0.3) is 0 Å². The van der Waals surface area contributed by atoms with Crippen LogP contribution in [0.2, 0.25) is 0 Å². The first kappa shape index (κ1) is 10.1. The highest BCUT2D eigenvalue weighted by molar-refractivity contribution is 7.09. The first-order chi connectivity index (χ1) is 6.90. The van der Waals surface area contributed by atoms with Crippen molar-refractivity contribution < 1.29 is 5.11 Å². The fourth-order valence-corrected chi connectivity index (χ4v) is 2.67. The Morgan fingerprint density at radius 3 is 2.93 bits per heavy atom. The fourth-order valence-electron chi connectivity index (χ4n) is 2.00. The van der Waals surface area contributed by atoms with Crippen LogP contribution in [0.4, 0.5) is 0 Å². The van der Waals surface area contributed by atoms with Crippen LogP contribution in [0.25, 0.3) is 0 Å². The molecule has 0 bridgehead atoms. The summed E-state index contributed by atoms with van der Waals surface area (Å²) in [6.07, 6.45) is 6.97. The number of aliphatic hydroxyl groups is 1. The number of aromatic nitrogens is 1. The van der Waals surface area contributed by atoms with E-state index in [0.717, 1.165) is 4.88 Å². The predicted molar refractivity (Wildman–Crippen MR) is 57.3 cm³/mol. The first-order valence-corrected chi connectivity index (χ1v) is 6.03. The Bertz CT molecular complexity index is 257. The number of nitrogens with zero attached hydrogens (tertiary/aromatic N) is 1. The monoisotopic (exact) mass is 212 g/mol. The van der Waals surface area contributed by atoms with Crippen LogP contribution in [-0.4, -0.2) is 22.7 Å². The van der Waals surface area contributed by atoms with Crippen molar-refractivity contribution in [3.8, 4) is 0 Å². The molecule has 0 aliphatic heterocycles. The predicted octanol–water partition coefficient (Wildman–Crippen LogP) is 1.71. The van der Waals surface area contributed by atoms with Gasteiger partial charge in [-0.15, -0.1) is 11.3 Å². The topological polar surface area (TPSA) is 45.1 Å². The highest BCUT2D eigenvalue weighted by Gasteiger charge is 2.20. The third kappa shape index (κ3) is 2.32.